The van der Waals surface area contributed by atoms with Gasteiger partial charge in [-0.25, -0.2) is 8.96 Å². The molecule has 0 aliphatic carbocycles. The first-order chi connectivity index (χ1) is 8.13. The van der Waals surface area contributed by atoms with Crippen LogP contribution in [-0.2, 0) is 10.3 Å². The summed E-state index contributed by atoms with van der Waals surface area (Å²) in [6, 6.07) is 7.93. The first kappa shape index (κ1) is 11.2. The molecule has 17 heavy (non-hydrogen) atoms. The fourth-order valence-electron chi connectivity index (χ4n) is 1.17. The molecule has 7 heteroatoms. The van der Waals surface area contributed by atoms with Crippen LogP contribution < -0.4 is 4.18 Å². The summed E-state index contributed by atoms with van der Waals surface area (Å²) in [7, 11) is -4.00. The summed E-state index contributed by atoms with van der Waals surface area (Å²) in [5.41, 5.74) is 0.149. The smallest absolute Gasteiger partial charge is 0.365 e. The van der Waals surface area contributed by atoms with Crippen LogP contribution in [0.25, 0.3) is 0 Å². The molecule has 6 nitrogen and oxygen atoms in total. The molecule has 0 aliphatic rings. The molecule has 0 radical (unpaired) electrons. The highest BCUT2D eigenvalue weighted by Gasteiger charge is 2.16. The minimum atomic E-state index is -4.00. The number of hydrogen-bond acceptors (Lipinski definition) is 5. The minimum absolute atomic E-state index is 0.0105. The molecule has 2 rings (SSSR count). The molecule has 1 aromatic carbocycles. The number of para-hydroxylation sites is 1. The van der Waals surface area contributed by atoms with Gasteiger partial charge in [-0.1, -0.05) is 12.1 Å². The van der Waals surface area contributed by atoms with Crippen LogP contribution in [0.5, 0.6) is 5.75 Å². The predicted molar refractivity (Wildman–Crippen MR) is 58.3 cm³/mol. The lowest BCUT2D eigenvalue weighted by atomic mass is 10.2. The van der Waals surface area contributed by atoms with Crippen LogP contribution in [0.15, 0.2) is 43.0 Å². The average Bonchev–Trinajstić information content (AvgIpc) is 2.83. The van der Waals surface area contributed by atoms with Gasteiger partial charge in [0.25, 0.3) is 0 Å². The summed E-state index contributed by atoms with van der Waals surface area (Å²) in [5, 5.41) is 8.80. The van der Waals surface area contributed by atoms with Crippen molar-refractivity contribution in [1.29, 1.82) is 5.26 Å². The summed E-state index contributed by atoms with van der Waals surface area (Å²) in [6.07, 6.45) is 3.66. The number of aromatic nitrogens is 2. The summed E-state index contributed by atoms with van der Waals surface area (Å²) in [4.78, 5) is 3.61. The molecule has 0 bridgehead atoms. The summed E-state index contributed by atoms with van der Waals surface area (Å²) >= 11 is 0. The molecule has 0 saturated heterocycles. The van der Waals surface area contributed by atoms with Gasteiger partial charge in [0.1, 0.15) is 12.4 Å². The van der Waals surface area contributed by atoms with Crippen molar-refractivity contribution in [2.75, 3.05) is 0 Å². The monoisotopic (exact) mass is 249 g/mol. The van der Waals surface area contributed by atoms with Crippen molar-refractivity contribution in [2.24, 2.45) is 0 Å². The van der Waals surface area contributed by atoms with E-state index in [0.29, 0.717) is 0 Å². The van der Waals surface area contributed by atoms with E-state index in [1.54, 1.807) is 12.1 Å². The van der Waals surface area contributed by atoms with Crippen molar-refractivity contribution < 1.29 is 12.6 Å². The fourth-order valence-corrected chi connectivity index (χ4v) is 2.00. The van der Waals surface area contributed by atoms with E-state index in [2.05, 4.69) is 4.98 Å². The first-order valence-corrected chi connectivity index (χ1v) is 5.92. The van der Waals surface area contributed by atoms with Crippen molar-refractivity contribution >= 4 is 10.3 Å². The van der Waals surface area contributed by atoms with Crippen molar-refractivity contribution in [3.05, 3.63) is 48.5 Å². The van der Waals surface area contributed by atoms with Crippen LogP contribution >= 0.6 is 0 Å². The Morgan fingerprint density at radius 1 is 1.35 bits per heavy atom. The predicted octanol–water partition coefficient (Wildman–Crippen LogP) is 0.927. The minimum Gasteiger partial charge on any atom is -0.365 e. The molecule has 0 N–H and O–H groups in total. The van der Waals surface area contributed by atoms with Crippen molar-refractivity contribution in [3.8, 4) is 11.8 Å². The Balaban J connectivity index is 2.37. The van der Waals surface area contributed by atoms with E-state index in [9.17, 15) is 8.42 Å². The molecule has 0 fully saturated rings. The molecule has 0 aliphatic heterocycles. The fraction of sp³-hybridized carbons (Fsp3) is 0. The van der Waals surface area contributed by atoms with Gasteiger partial charge in [-0.15, -0.1) is 0 Å². The van der Waals surface area contributed by atoms with Crippen molar-refractivity contribution in [1.82, 2.24) is 8.96 Å². The molecule has 0 spiro atoms. The summed E-state index contributed by atoms with van der Waals surface area (Å²) in [6.45, 7) is 0. The number of hydrogen-bond donors (Lipinski definition) is 0. The number of benzene rings is 1. The van der Waals surface area contributed by atoms with E-state index >= 15 is 0 Å². The van der Waals surface area contributed by atoms with E-state index in [1.807, 2.05) is 6.07 Å². The van der Waals surface area contributed by atoms with E-state index in [0.717, 1.165) is 10.3 Å². The lowest BCUT2D eigenvalue weighted by molar-refractivity contribution is 0.475. The Hall–Kier alpha value is -2.33. The van der Waals surface area contributed by atoms with Crippen LogP contribution in [0, 0.1) is 11.3 Å². The van der Waals surface area contributed by atoms with Gasteiger partial charge in [0, 0.05) is 12.4 Å². The highest BCUT2D eigenvalue weighted by molar-refractivity contribution is 7.85. The Kier molecular flexibility index (Phi) is 2.80. The van der Waals surface area contributed by atoms with E-state index in [1.165, 1.54) is 24.5 Å². The Bertz CT molecular complexity index is 656. The highest BCUT2D eigenvalue weighted by Crippen LogP contribution is 2.19. The lowest BCUT2D eigenvalue weighted by Crippen LogP contribution is -2.17. The number of nitriles is 1. The van der Waals surface area contributed by atoms with Crippen LogP contribution in [0.4, 0.5) is 0 Å². The van der Waals surface area contributed by atoms with Gasteiger partial charge in [-0.2, -0.15) is 13.7 Å². The van der Waals surface area contributed by atoms with E-state index < -0.39 is 10.3 Å². The highest BCUT2D eigenvalue weighted by atomic mass is 32.2. The molecule has 0 amide bonds. The molecule has 1 heterocycles. The Morgan fingerprint density at radius 2 is 2.12 bits per heavy atom. The molecule has 1 aromatic heterocycles. The largest absolute Gasteiger partial charge is 0.414 e. The van der Waals surface area contributed by atoms with Gasteiger partial charge < -0.3 is 4.18 Å². The first-order valence-electron chi connectivity index (χ1n) is 4.55. The number of imidazole rings is 1. The van der Waals surface area contributed by atoms with Gasteiger partial charge >= 0.3 is 10.3 Å². The SMILES string of the molecule is N#Cc1ccccc1OS(=O)(=O)n1ccnc1. The van der Waals surface area contributed by atoms with Gasteiger partial charge in [0.15, 0.2) is 5.75 Å². The van der Waals surface area contributed by atoms with Crippen LogP contribution in [-0.4, -0.2) is 17.4 Å². The zero-order valence-corrected chi connectivity index (χ0v) is 9.33. The second-order valence-electron chi connectivity index (χ2n) is 3.04. The molecular weight excluding hydrogens is 242 g/mol. The number of nitrogens with zero attached hydrogens (tertiary/aromatic N) is 3. The Labute approximate surface area is 98.0 Å². The standard InChI is InChI=1S/C10H7N3O3S/c11-7-9-3-1-2-4-10(9)16-17(14,15)13-6-5-12-8-13/h1-6,8H. The van der Waals surface area contributed by atoms with Crippen LogP contribution in [0.3, 0.4) is 0 Å². The zero-order chi connectivity index (χ0) is 12.3. The maximum Gasteiger partial charge on any atom is 0.414 e. The Morgan fingerprint density at radius 3 is 2.76 bits per heavy atom. The number of rotatable bonds is 3. The molecule has 0 saturated carbocycles. The third-order valence-corrected chi connectivity index (χ3v) is 3.06. The van der Waals surface area contributed by atoms with Gasteiger partial charge in [0.05, 0.1) is 5.56 Å². The second kappa shape index (κ2) is 4.27. The lowest BCUT2D eigenvalue weighted by Gasteiger charge is -2.07. The van der Waals surface area contributed by atoms with Gasteiger partial charge in [-0.3, -0.25) is 0 Å². The molecule has 2 aromatic rings. The summed E-state index contributed by atoms with van der Waals surface area (Å²) < 4.78 is 29.1. The van der Waals surface area contributed by atoms with E-state index in [-0.39, 0.29) is 11.3 Å². The molecule has 86 valence electrons. The van der Waals surface area contributed by atoms with Crippen LogP contribution in [0.2, 0.25) is 0 Å². The summed E-state index contributed by atoms with van der Waals surface area (Å²) in [5.74, 6) is -0.0105. The van der Waals surface area contributed by atoms with Gasteiger partial charge in [-0.05, 0) is 12.1 Å². The van der Waals surface area contributed by atoms with Crippen molar-refractivity contribution in [3.63, 3.8) is 0 Å². The van der Waals surface area contributed by atoms with E-state index in [4.69, 9.17) is 9.44 Å². The third-order valence-electron chi connectivity index (χ3n) is 1.94. The van der Waals surface area contributed by atoms with Crippen molar-refractivity contribution in [2.45, 2.75) is 0 Å². The maximum atomic E-state index is 11.7. The average molecular weight is 249 g/mol. The molecular formula is C10H7N3O3S. The topological polar surface area (TPSA) is 85.0 Å². The second-order valence-corrected chi connectivity index (χ2v) is 4.49. The zero-order valence-electron chi connectivity index (χ0n) is 8.52. The normalized spacial score (nSPS) is 10.8. The molecule has 0 unspecified atom stereocenters. The van der Waals surface area contributed by atoms with Gasteiger partial charge in [0.2, 0.25) is 0 Å². The molecule has 0 atom stereocenters. The van der Waals surface area contributed by atoms with Crippen LogP contribution in [0.1, 0.15) is 5.56 Å². The quantitative estimate of drug-likeness (QED) is 0.807. The third kappa shape index (κ3) is 2.26. The maximum absolute atomic E-state index is 11.7.